The first-order chi connectivity index (χ1) is 10.3. The molecule has 1 fully saturated rings. The van der Waals surface area contributed by atoms with Crippen molar-refractivity contribution in [3.8, 4) is 0 Å². The summed E-state index contributed by atoms with van der Waals surface area (Å²) in [5, 5.41) is 3.31. The lowest BCUT2D eigenvalue weighted by Gasteiger charge is -2.19. The molecule has 0 aliphatic carbocycles. The third kappa shape index (κ3) is 5.71. The second-order valence-electron chi connectivity index (χ2n) is 5.57. The Kier molecular flexibility index (Phi) is 6.47. The molecule has 1 N–H and O–H groups in total. The summed E-state index contributed by atoms with van der Waals surface area (Å²) >= 11 is 0. The largest absolute Gasteiger partial charge is 0.354 e. The number of carbonyl (C=O) groups excluding carboxylic acids is 1. The number of hydrogen-bond donors (Lipinski definition) is 1. The number of hydrogen-bond acceptors (Lipinski definition) is 3. The molecular weight excluding hydrogens is 266 g/mol. The van der Waals surface area contributed by atoms with Gasteiger partial charge < -0.3 is 14.8 Å². The topological polar surface area (TPSA) is 54.3 Å². The second-order valence-corrected chi connectivity index (χ2v) is 5.57. The van der Waals surface area contributed by atoms with Gasteiger partial charge in [0, 0.05) is 57.1 Å². The first-order valence-electron chi connectivity index (χ1n) is 7.90. The standard InChI is InChI=1S/C16H25N3O2/c20-15-6-12-18(13-7-15)10-3-1-2-5-16(21)19-11-4-8-17-9-14-19/h6-7,12-13,17H,1-5,8-11,14H2. The Bertz CT molecular complexity index is 470. The summed E-state index contributed by atoms with van der Waals surface area (Å²) in [4.78, 5) is 25.1. The van der Waals surface area contributed by atoms with Crippen LogP contribution in [0.3, 0.4) is 0 Å². The Balaban J connectivity index is 1.59. The van der Waals surface area contributed by atoms with Gasteiger partial charge in [0.2, 0.25) is 5.91 Å². The van der Waals surface area contributed by atoms with E-state index in [0.717, 1.165) is 58.4 Å². The van der Waals surface area contributed by atoms with E-state index in [9.17, 15) is 9.59 Å². The Hall–Kier alpha value is -1.62. The zero-order chi connectivity index (χ0) is 14.9. The maximum Gasteiger partial charge on any atom is 0.222 e. The van der Waals surface area contributed by atoms with Gasteiger partial charge in [-0.05, 0) is 25.8 Å². The van der Waals surface area contributed by atoms with Crippen molar-refractivity contribution in [1.82, 2.24) is 14.8 Å². The van der Waals surface area contributed by atoms with Crippen LogP contribution in [0, 0.1) is 0 Å². The van der Waals surface area contributed by atoms with Crippen molar-refractivity contribution >= 4 is 5.91 Å². The number of carbonyl (C=O) groups is 1. The maximum absolute atomic E-state index is 12.1. The average molecular weight is 291 g/mol. The van der Waals surface area contributed by atoms with E-state index in [0.29, 0.717) is 12.3 Å². The van der Waals surface area contributed by atoms with Crippen LogP contribution in [0.5, 0.6) is 0 Å². The molecule has 21 heavy (non-hydrogen) atoms. The summed E-state index contributed by atoms with van der Waals surface area (Å²) in [7, 11) is 0. The van der Waals surface area contributed by atoms with Gasteiger partial charge >= 0.3 is 0 Å². The van der Waals surface area contributed by atoms with Crippen LogP contribution < -0.4 is 10.7 Å². The quantitative estimate of drug-likeness (QED) is 0.802. The summed E-state index contributed by atoms with van der Waals surface area (Å²) < 4.78 is 2.02. The van der Waals surface area contributed by atoms with E-state index in [1.807, 2.05) is 21.9 Å². The first-order valence-corrected chi connectivity index (χ1v) is 7.90. The van der Waals surface area contributed by atoms with Crippen LogP contribution in [0.4, 0.5) is 0 Å². The predicted octanol–water partition coefficient (Wildman–Crippen LogP) is 1.23. The SMILES string of the molecule is O=C(CCCCCn1ccc(=O)cc1)N1CCCNCC1. The molecule has 1 aliphatic rings. The van der Waals surface area contributed by atoms with Gasteiger partial charge in [0.05, 0.1) is 0 Å². The molecule has 116 valence electrons. The summed E-state index contributed by atoms with van der Waals surface area (Å²) in [6.45, 7) is 4.57. The van der Waals surface area contributed by atoms with Gasteiger partial charge in [-0.2, -0.15) is 0 Å². The Morgan fingerprint density at radius 3 is 2.71 bits per heavy atom. The number of pyridine rings is 1. The number of nitrogens with one attached hydrogen (secondary N) is 1. The molecule has 5 heteroatoms. The molecule has 1 aliphatic heterocycles. The van der Waals surface area contributed by atoms with Crippen LogP contribution in [-0.4, -0.2) is 41.6 Å². The number of aryl methyl sites for hydroxylation is 1. The van der Waals surface area contributed by atoms with Gasteiger partial charge in [-0.3, -0.25) is 9.59 Å². The number of unbranched alkanes of at least 4 members (excludes halogenated alkanes) is 2. The monoisotopic (exact) mass is 291 g/mol. The lowest BCUT2D eigenvalue weighted by atomic mass is 10.1. The summed E-state index contributed by atoms with van der Waals surface area (Å²) in [5.41, 5.74) is 0.0452. The minimum Gasteiger partial charge on any atom is -0.354 e. The van der Waals surface area contributed by atoms with Crippen molar-refractivity contribution in [2.75, 3.05) is 26.2 Å². The normalized spacial score (nSPS) is 15.7. The summed E-state index contributed by atoms with van der Waals surface area (Å²) in [6, 6.07) is 3.16. The molecule has 0 saturated carbocycles. The fourth-order valence-corrected chi connectivity index (χ4v) is 2.59. The number of aromatic nitrogens is 1. The Labute approximate surface area is 126 Å². The number of nitrogens with zero attached hydrogens (tertiary/aromatic N) is 2. The minimum atomic E-state index is 0.0452. The average Bonchev–Trinajstić information content (AvgIpc) is 2.78. The summed E-state index contributed by atoms with van der Waals surface area (Å²) in [5.74, 6) is 0.294. The molecule has 2 rings (SSSR count). The highest BCUT2D eigenvalue weighted by atomic mass is 16.2. The molecule has 0 radical (unpaired) electrons. The second kappa shape index (κ2) is 8.62. The molecule has 1 aromatic rings. The van der Waals surface area contributed by atoms with Crippen LogP contribution in [0.25, 0.3) is 0 Å². The van der Waals surface area contributed by atoms with Crippen LogP contribution in [0.2, 0.25) is 0 Å². The third-order valence-corrected chi connectivity index (χ3v) is 3.86. The Morgan fingerprint density at radius 1 is 1.10 bits per heavy atom. The minimum absolute atomic E-state index is 0.0452. The van der Waals surface area contributed by atoms with Crippen molar-refractivity contribution in [2.24, 2.45) is 0 Å². The van der Waals surface area contributed by atoms with Gasteiger partial charge in [-0.1, -0.05) is 6.42 Å². The van der Waals surface area contributed by atoms with Gasteiger partial charge in [0.1, 0.15) is 0 Å². The molecule has 5 nitrogen and oxygen atoms in total. The van der Waals surface area contributed by atoms with Crippen molar-refractivity contribution in [1.29, 1.82) is 0 Å². The van der Waals surface area contributed by atoms with E-state index < -0.39 is 0 Å². The smallest absolute Gasteiger partial charge is 0.222 e. The fraction of sp³-hybridized carbons (Fsp3) is 0.625. The molecule has 2 heterocycles. The molecule has 0 unspecified atom stereocenters. The molecule has 1 amide bonds. The van der Waals surface area contributed by atoms with Crippen molar-refractivity contribution in [3.05, 3.63) is 34.7 Å². The van der Waals surface area contributed by atoms with Gasteiger partial charge in [0.15, 0.2) is 5.43 Å². The molecule has 1 saturated heterocycles. The zero-order valence-electron chi connectivity index (χ0n) is 12.6. The van der Waals surface area contributed by atoms with Crippen molar-refractivity contribution < 1.29 is 4.79 Å². The van der Waals surface area contributed by atoms with Gasteiger partial charge in [-0.25, -0.2) is 0 Å². The van der Waals surface area contributed by atoms with E-state index >= 15 is 0 Å². The van der Waals surface area contributed by atoms with E-state index in [1.165, 1.54) is 0 Å². The number of amides is 1. The van der Waals surface area contributed by atoms with Crippen molar-refractivity contribution in [2.45, 2.75) is 38.6 Å². The van der Waals surface area contributed by atoms with Crippen molar-refractivity contribution in [3.63, 3.8) is 0 Å². The van der Waals surface area contributed by atoms with Gasteiger partial charge in [0.25, 0.3) is 0 Å². The van der Waals surface area contributed by atoms with Gasteiger partial charge in [-0.15, -0.1) is 0 Å². The Morgan fingerprint density at radius 2 is 1.90 bits per heavy atom. The van der Waals surface area contributed by atoms with E-state index in [2.05, 4.69) is 5.32 Å². The highest BCUT2D eigenvalue weighted by Gasteiger charge is 2.14. The predicted molar refractivity (Wildman–Crippen MR) is 83.2 cm³/mol. The highest BCUT2D eigenvalue weighted by Crippen LogP contribution is 2.06. The van der Waals surface area contributed by atoms with E-state index in [4.69, 9.17) is 0 Å². The highest BCUT2D eigenvalue weighted by molar-refractivity contribution is 5.76. The summed E-state index contributed by atoms with van der Waals surface area (Å²) in [6.07, 6.45) is 8.38. The first kappa shape index (κ1) is 15.8. The zero-order valence-corrected chi connectivity index (χ0v) is 12.6. The fourth-order valence-electron chi connectivity index (χ4n) is 2.59. The van der Waals surface area contributed by atoms with E-state index in [-0.39, 0.29) is 5.43 Å². The van der Waals surface area contributed by atoms with Crippen LogP contribution >= 0.6 is 0 Å². The van der Waals surface area contributed by atoms with Crippen LogP contribution in [0.15, 0.2) is 29.3 Å². The van der Waals surface area contributed by atoms with Crippen LogP contribution in [-0.2, 0) is 11.3 Å². The molecule has 1 aromatic heterocycles. The lowest BCUT2D eigenvalue weighted by Crippen LogP contribution is -2.33. The number of rotatable bonds is 6. The van der Waals surface area contributed by atoms with E-state index in [1.54, 1.807) is 12.1 Å². The molecule has 0 aromatic carbocycles. The molecule has 0 spiro atoms. The molecule has 0 atom stereocenters. The lowest BCUT2D eigenvalue weighted by molar-refractivity contribution is -0.131. The molecule has 0 bridgehead atoms. The van der Waals surface area contributed by atoms with Crippen LogP contribution in [0.1, 0.15) is 32.1 Å². The maximum atomic E-state index is 12.1. The third-order valence-electron chi connectivity index (χ3n) is 3.86. The molecular formula is C16H25N3O2.